The molecule has 26 heavy (non-hydrogen) atoms. The third-order valence-corrected chi connectivity index (χ3v) is 5.76. The van der Waals surface area contributed by atoms with Crippen molar-refractivity contribution in [2.24, 2.45) is 0 Å². The van der Waals surface area contributed by atoms with E-state index in [1.54, 1.807) is 13.1 Å². The van der Waals surface area contributed by atoms with Crippen LogP contribution in [0, 0.1) is 5.82 Å². The Kier molecular flexibility index (Phi) is 5.80. The summed E-state index contributed by atoms with van der Waals surface area (Å²) in [4.78, 5) is 14.6. The molecule has 0 unspecified atom stereocenters. The number of thioether (sulfide) groups is 1. The Hall–Kier alpha value is -2.10. The fraction of sp³-hybridized carbons (Fsp3) is 0.188. The SMILES string of the molecule is CN(Cc1c(F)cccc1Cl)C(=O)CSc1nnc(-c2cccs2)n1N. The van der Waals surface area contributed by atoms with Crippen molar-refractivity contribution in [3.05, 3.63) is 52.1 Å². The number of halogens is 2. The van der Waals surface area contributed by atoms with Crippen LogP contribution in [0.1, 0.15) is 5.56 Å². The molecule has 136 valence electrons. The molecule has 0 aliphatic carbocycles. The van der Waals surface area contributed by atoms with Crippen molar-refractivity contribution >= 4 is 40.6 Å². The Labute approximate surface area is 162 Å². The Balaban J connectivity index is 1.62. The molecule has 2 aromatic heterocycles. The molecule has 0 fully saturated rings. The van der Waals surface area contributed by atoms with Crippen LogP contribution in [0.3, 0.4) is 0 Å². The lowest BCUT2D eigenvalue weighted by atomic mass is 10.2. The molecule has 0 atom stereocenters. The predicted molar refractivity (Wildman–Crippen MR) is 102 cm³/mol. The van der Waals surface area contributed by atoms with E-state index in [2.05, 4.69) is 10.2 Å². The van der Waals surface area contributed by atoms with Crippen molar-refractivity contribution in [2.75, 3.05) is 18.6 Å². The minimum Gasteiger partial charge on any atom is -0.341 e. The molecule has 3 aromatic rings. The summed E-state index contributed by atoms with van der Waals surface area (Å²) in [5.41, 5.74) is 0.289. The highest BCUT2D eigenvalue weighted by Crippen LogP contribution is 2.25. The third-order valence-electron chi connectivity index (χ3n) is 3.61. The van der Waals surface area contributed by atoms with Crippen LogP contribution < -0.4 is 5.84 Å². The quantitative estimate of drug-likeness (QED) is 0.497. The molecular weight excluding hydrogens is 397 g/mol. The molecule has 0 bridgehead atoms. The first-order chi connectivity index (χ1) is 12.5. The summed E-state index contributed by atoms with van der Waals surface area (Å²) in [7, 11) is 1.59. The van der Waals surface area contributed by atoms with Gasteiger partial charge in [-0.2, -0.15) is 0 Å². The van der Waals surface area contributed by atoms with Crippen LogP contribution >= 0.6 is 34.7 Å². The van der Waals surface area contributed by atoms with E-state index < -0.39 is 5.82 Å². The Bertz CT molecular complexity index is 895. The Morgan fingerprint density at radius 1 is 1.38 bits per heavy atom. The maximum absolute atomic E-state index is 13.9. The monoisotopic (exact) mass is 411 g/mol. The summed E-state index contributed by atoms with van der Waals surface area (Å²) in [5, 5.41) is 10.7. The lowest BCUT2D eigenvalue weighted by Gasteiger charge is -2.18. The van der Waals surface area contributed by atoms with E-state index in [1.807, 2.05) is 17.5 Å². The number of carbonyl (C=O) groups is 1. The van der Waals surface area contributed by atoms with Crippen LogP contribution in [0.2, 0.25) is 5.02 Å². The van der Waals surface area contributed by atoms with E-state index in [4.69, 9.17) is 17.4 Å². The van der Waals surface area contributed by atoms with Gasteiger partial charge in [-0.1, -0.05) is 35.5 Å². The van der Waals surface area contributed by atoms with Crippen molar-refractivity contribution < 1.29 is 9.18 Å². The second kappa shape index (κ2) is 8.07. The van der Waals surface area contributed by atoms with Gasteiger partial charge in [0.2, 0.25) is 11.1 Å². The summed E-state index contributed by atoms with van der Waals surface area (Å²) in [6.45, 7) is 0.0840. The van der Waals surface area contributed by atoms with Crippen LogP contribution in [-0.2, 0) is 11.3 Å². The van der Waals surface area contributed by atoms with Crippen LogP contribution in [0.5, 0.6) is 0 Å². The van der Waals surface area contributed by atoms with Crippen LogP contribution in [0.15, 0.2) is 40.9 Å². The van der Waals surface area contributed by atoms with Gasteiger partial charge in [0.25, 0.3) is 0 Å². The summed E-state index contributed by atoms with van der Waals surface area (Å²) in [5.74, 6) is 6.01. The Morgan fingerprint density at radius 2 is 2.19 bits per heavy atom. The molecule has 3 rings (SSSR count). The number of carbonyl (C=O) groups excluding carboxylic acids is 1. The number of thiophene rings is 1. The summed E-state index contributed by atoms with van der Waals surface area (Å²) in [6.07, 6.45) is 0. The predicted octanol–water partition coefficient (Wildman–Crippen LogP) is 3.26. The molecule has 0 saturated heterocycles. The van der Waals surface area contributed by atoms with Gasteiger partial charge >= 0.3 is 0 Å². The van der Waals surface area contributed by atoms with E-state index in [-0.39, 0.29) is 23.8 Å². The number of rotatable bonds is 6. The Morgan fingerprint density at radius 3 is 2.88 bits per heavy atom. The molecule has 2 heterocycles. The zero-order valence-electron chi connectivity index (χ0n) is 13.7. The number of nitrogens with zero attached hydrogens (tertiary/aromatic N) is 4. The molecule has 10 heteroatoms. The van der Waals surface area contributed by atoms with Gasteiger partial charge in [-0.05, 0) is 23.6 Å². The van der Waals surface area contributed by atoms with Gasteiger partial charge in [0, 0.05) is 24.2 Å². The van der Waals surface area contributed by atoms with Gasteiger partial charge in [-0.25, -0.2) is 9.07 Å². The first kappa shape index (κ1) is 18.7. The smallest absolute Gasteiger partial charge is 0.233 e. The zero-order chi connectivity index (χ0) is 18.7. The molecule has 0 aliphatic heterocycles. The van der Waals surface area contributed by atoms with Gasteiger partial charge in [0.15, 0.2) is 5.82 Å². The van der Waals surface area contributed by atoms with Gasteiger partial charge in [-0.3, -0.25) is 4.79 Å². The summed E-state index contributed by atoms with van der Waals surface area (Å²) in [6, 6.07) is 8.22. The minimum absolute atomic E-state index is 0.0840. The van der Waals surface area contributed by atoms with Crippen molar-refractivity contribution in [2.45, 2.75) is 11.7 Å². The molecule has 0 aliphatic rings. The van der Waals surface area contributed by atoms with E-state index in [9.17, 15) is 9.18 Å². The molecule has 1 amide bonds. The van der Waals surface area contributed by atoms with Gasteiger partial charge in [-0.15, -0.1) is 21.5 Å². The first-order valence-electron chi connectivity index (χ1n) is 7.51. The maximum Gasteiger partial charge on any atom is 0.233 e. The average Bonchev–Trinajstić information content (AvgIpc) is 3.25. The van der Waals surface area contributed by atoms with Crippen LogP contribution in [0.25, 0.3) is 10.7 Å². The van der Waals surface area contributed by atoms with Gasteiger partial charge in [0.1, 0.15) is 5.82 Å². The lowest BCUT2D eigenvalue weighted by Crippen LogP contribution is -2.28. The number of hydrogen-bond acceptors (Lipinski definition) is 6. The fourth-order valence-electron chi connectivity index (χ4n) is 2.19. The molecular formula is C16H15ClFN5OS2. The lowest BCUT2D eigenvalue weighted by molar-refractivity contribution is -0.127. The van der Waals surface area contributed by atoms with Gasteiger partial charge < -0.3 is 10.7 Å². The molecule has 2 N–H and O–H groups in total. The first-order valence-corrected chi connectivity index (χ1v) is 9.75. The zero-order valence-corrected chi connectivity index (χ0v) is 16.1. The molecule has 1 aromatic carbocycles. The number of aromatic nitrogens is 3. The maximum atomic E-state index is 13.9. The van der Waals surface area contributed by atoms with Crippen molar-refractivity contribution in [3.8, 4) is 10.7 Å². The number of amides is 1. The summed E-state index contributed by atoms with van der Waals surface area (Å²) < 4.78 is 15.2. The van der Waals surface area contributed by atoms with E-state index >= 15 is 0 Å². The standard InChI is InChI=1S/C16H15ClFN5OS2/c1-22(8-10-11(17)4-2-5-12(10)18)14(24)9-26-16-21-20-15(23(16)19)13-6-3-7-25-13/h2-7H,8-9,19H2,1H3. The largest absolute Gasteiger partial charge is 0.341 e. The van der Waals surface area contributed by atoms with E-state index in [1.165, 1.54) is 44.8 Å². The van der Waals surface area contributed by atoms with Crippen molar-refractivity contribution in [1.82, 2.24) is 19.8 Å². The fourth-order valence-corrected chi connectivity index (χ4v) is 3.92. The number of nitrogen functional groups attached to an aromatic ring is 1. The van der Waals surface area contributed by atoms with Gasteiger partial charge in [0.05, 0.1) is 10.6 Å². The highest BCUT2D eigenvalue weighted by atomic mass is 35.5. The molecule has 0 spiro atoms. The number of hydrogen-bond donors (Lipinski definition) is 1. The molecule has 0 saturated carbocycles. The van der Waals surface area contributed by atoms with Crippen LogP contribution in [0.4, 0.5) is 4.39 Å². The van der Waals surface area contributed by atoms with E-state index in [0.29, 0.717) is 16.0 Å². The highest BCUT2D eigenvalue weighted by molar-refractivity contribution is 7.99. The third kappa shape index (κ3) is 4.00. The minimum atomic E-state index is -0.438. The highest BCUT2D eigenvalue weighted by Gasteiger charge is 2.17. The topological polar surface area (TPSA) is 77.0 Å². The second-order valence-electron chi connectivity index (χ2n) is 5.39. The average molecular weight is 412 g/mol. The molecule has 0 radical (unpaired) electrons. The van der Waals surface area contributed by atoms with Crippen molar-refractivity contribution in [3.63, 3.8) is 0 Å². The summed E-state index contributed by atoms with van der Waals surface area (Å²) >= 11 is 8.68. The number of nitrogens with two attached hydrogens (primary N) is 1. The van der Waals surface area contributed by atoms with Crippen molar-refractivity contribution in [1.29, 1.82) is 0 Å². The van der Waals surface area contributed by atoms with Crippen LogP contribution in [-0.4, -0.2) is 38.5 Å². The number of benzene rings is 1. The van der Waals surface area contributed by atoms with E-state index in [0.717, 1.165) is 4.88 Å². The normalized spacial score (nSPS) is 10.9. The second-order valence-corrected chi connectivity index (χ2v) is 7.69. The molecule has 6 nitrogen and oxygen atoms in total.